The molecule has 264 valence electrons. The number of hydrogen-bond acceptors (Lipinski definition) is 3. The SMILES string of the molecule is C=Nc1ccccc1N(Cc1ccccc1)c1ccc(-c2cc(-c3ccc4ccccc4c3)c3cc(-c4ccc5ccccc5c4)c4ccccc4c3n2)cc1. The van der Waals surface area contributed by atoms with Gasteiger partial charge in [0.1, 0.15) is 0 Å². The Labute approximate surface area is 326 Å². The molecular weight excluding hydrogens is 679 g/mol. The van der Waals surface area contributed by atoms with E-state index in [1.807, 2.05) is 12.1 Å². The van der Waals surface area contributed by atoms with Crippen LogP contribution >= 0.6 is 0 Å². The Balaban J connectivity index is 1.16. The maximum absolute atomic E-state index is 5.50. The van der Waals surface area contributed by atoms with Crippen molar-refractivity contribution in [3.8, 4) is 33.5 Å². The summed E-state index contributed by atoms with van der Waals surface area (Å²) in [5.41, 5.74) is 11.8. The van der Waals surface area contributed by atoms with Gasteiger partial charge in [0.25, 0.3) is 0 Å². The summed E-state index contributed by atoms with van der Waals surface area (Å²) in [4.78, 5) is 12.2. The van der Waals surface area contributed by atoms with E-state index >= 15 is 0 Å². The molecule has 0 aliphatic heterocycles. The van der Waals surface area contributed by atoms with Gasteiger partial charge in [-0.05, 0) is 110 Å². The average molecular weight is 716 g/mol. The first-order valence-electron chi connectivity index (χ1n) is 19.0. The van der Waals surface area contributed by atoms with Crippen LogP contribution in [0.5, 0.6) is 0 Å². The predicted molar refractivity (Wildman–Crippen MR) is 239 cm³/mol. The molecule has 1 aromatic heterocycles. The van der Waals surface area contributed by atoms with Gasteiger partial charge in [0.15, 0.2) is 0 Å². The van der Waals surface area contributed by atoms with Crippen molar-refractivity contribution in [2.24, 2.45) is 4.99 Å². The summed E-state index contributed by atoms with van der Waals surface area (Å²) in [7, 11) is 0. The third-order valence-corrected chi connectivity index (χ3v) is 10.9. The molecule has 0 spiro atoms. The maximum Gasteiger partial charge on any atom is 0.0859 e. The lowest BCUT2D eigenvalue weighted by Crippen LogP contribution is -2.16. The molecule has 0 atom stereocenters. The van der Waals surface area contributed by atoms with Crippen LogP contribution in [0.4, 0.5) is 17.1 Å². The third-order valence-electron chi connectivity index (χ3n) is 10.9. The first-order chi connectivity index (χ1) is 27.7. The number of benzene rings is 9. The zero-order chi connectivity index (χ0) is 37.4. The lowest BCUT2D eigenvalue weighted by Gasteiger charge is -2.26. The van der Waals surface area contributed by atoms with Crippen LogP contribution in [0.3, 0.4) is 0 Å². The summed E-state index contributed by atoms with van der Waals surface area (Å²) in [6, 6.07) is 71.6. The van der Waals surface area contributed by atoms with Crippen LogP contribution in [-0.2, 0) is 6.54 Å². The number of anilines is 2. The van der Waals surface area contributed by atoms with Crippen molar-refractivity contribution in [3.63, 3.8) is 0 Å². The molecule has 1 heterocycles. The van der Waals surface area contributed by atoms with Crippen molar-refractivity contribution >= 4 is 67.0 Å². The van der Waals surface area contributed by atoms with Gasteiger partial charge in [-0.2, -0.15) is 0 Å². The van der Waals surface area contributed by atoms with Crippen molar-refractivity contribution < 1.29 is 0 Å². The molecule has 56 heavy (non-hydrogen) atoms. The van der Waals surface area contributed by atoms with Gasteiger partial charge >= 0.3 is 0 Å². The standard InChI is InChI=1S/C53H37N3/c1-54-50-21-11-12-22-52(50)56(35-36-13-3-2-4-14-36)44-29-27-39(28-30-44)51-34-48(43-26-24-38-16-6-8-18-41(38)32-43)49-33-47(45-19-9-10-20-46(45)53(49)55-51)42-25-23-37-15-5-7-17-40(37)31-42/h2-34H,1,35H2. The number of rotatable bonds is 8. The topological polar surface area (TPSA) is 28.5 Å². The van der Waals surface area contributed by atoms with Crippen LogP contribution in [-0.4, -0.2) is 11.7 Å². The van der Waals surface area contributed by atoms with Crippen molar-refractivity contribution in [1.82, 2.24) is 4.98 Å². The molecule has 0 unspecified atom stereocenters. The molecular formula is C53H37N3. The van der Waals surface area contributed by atoms with E-state index in [0.717, 1.165) is 55.7 Å². The van der Waals surface area contributed by atoms with Gasteiger partial charge in [0.05, 0.1) is 22.6 Å². The molecule has 3 nitrogen and oxygen atoms in total. The summed E-state index contributed by atoms with van der Waals surface area (Å²) in [6.45, 7) is 4.57. The Hall–Kier alpha value is -7.36. The molecule has 9 aromatic carbocycles. The third kappa shape index (κ3) is 6.06. The summed E-state index contributed by atoms with van der Waals surface area (Å²) < 4.78 is 0. The Bertz CT molecular complexity index is 3070. The normalized spacial score (nSPS) is 11.4. The lowest BCUT2D eigenvalue weighted by molar-refractivity contribution is 0.975. The second-order valence-corrected chi connectivity index (χ2v) is 14.3. The zero-order valence-electron chi connectivity index (χ0n) is 30.8. The smallest absolute Gasteiger partial charge is 0.0859 e. The van der Waals surface area contributed by atoms with Crippen LogP contribution < -0.4 is 4.90 Å². The monoisotopic (exact) mass is 715 g/mol. The van der Waals surface area contributed by atoms with Crippen molar-refractivity contribution in [2.75, 3.05) is 4.90 Å². The summed E-state index contributed by atoms with van der Waals surface area (Å²) >= 11 is 0. The minimum absolute atomic E-state index is 0.693. The number of fused-ring (bicyclic) bond motifs is 5. The number of aromatic nitrogens is 1. The zero-order valence-corrected chi connectivity index (χ0v) is 30.8. The molecule has 0 aliphatic carbocycles. The molecule has 0 N–H and O–H groups in total. The van der Waals surface area contributed by atoms with Crippen LogP contribution in [0.15, 0.2) is 205 Å². The van der Waals surface area contributed by atoms with Gasteiger partial charge in [-0.3, -0.25) is 4.99 Å². The Morgan fingerprint density at radius 1 is 0.446 bits per heavy atom. The molecule has 0 saturated heterocycles. The fourth-order valence-electron chi connectivity index (χ4n) is 8.11. The van der Waals surface area contributed by atoms with Crippen LogP contribution in [0.25, 0.3) is 76.7 Å². The average Bonchev–Trinajstić information content (AvgIpc) is 3.27. The number of aliphatic imine (C=N–C) groups is 1. The van der Waals surface area contributed by atoms with Gasteiger partial charge in [-0.25, -0.2) is 4.98 Å². The van der Waals surface area contributed by atoms with Crippen LogP contribution in [0.1, 0.15) is 5.56 Å². The maximum atomic E-state index is 5.50. The molecule has 0 saturated carbocycles. The molecule has 0 radical (unpaired) electrons. The molecule has 10 aromatic rings. The van der Waals surface area contributed by atoms with E-state index in [-0.39, 0.29) is 0 Å². The molecule has 0 aliphatic rings. The number of nitrogens with zero attached hydrogens (tertiary/aromatic N) is 3. The molecule has 0 amide bonds. The second kappa shape index (κ2) is 14.1. The Morgan fingerprint density at radius 2 is 1.00 bits per heavy atom. The summed E-state index contributed by atoms with van der Waals surface area (Å²) in [5, 5.41) is 8.35. The highest BCUT2D eigenvalue weighted by molar-refractivity contribution is 6.16. The number of pyridine rings is 1. The van der Waals surface area contributed by atoms with E-state index < -0.39 is 0 Å². The number of hydrogen-bond donors (Lipinski definition) is 0. The van der Waals surface area contributed by atoms with Gasteiger partial charge in [0.2, 0.25) is 0 Å². The highest BCUT2D eigenvalue weighted by Crippen LogP contribution is 2.42. The molecule has 10 rings (SSSR count). The summed E-state index contributed by atoms with van der Waals surface area (Å²) in [5.74, 6) is 0. The van der Waals surface area contributed by atoms with E-state index in [4.69, 9.17) is 4.98 Å². The number of para-hydroxylation sites is 2. The fraction of sp³-hybridized carbons (Fsp3) is 0.0189. The van der Waals surface area contributed by atoms with Crippen molar-refractivity contribution in [2.45, 2.75) is 6.54 Å². The largest absolute Gasteiger partial charge is 0.335 e. The fourth-order valence-corrected chi connectivity index (χ4v) is 8.11. The first-order valence-corrected chi connectivity index (χ1v) is 19.0. The van der Waals surface area contributed by atoms with E-state index in [1.54, 1.807) is 0 Å². The van der Waals surface area contributed by atoms with Gasteiger partial charge < -0.3 is 4.90 Å². The Morgan fingerprint density at radius 3 is 1.68 bits per heavy atom. The van der Waals surface area contributed by atoms with Crippen LogP contribution in [0, 0.1) is 0 Å². The van der Waals surface area contributed by atoms with E-state index in [1.165, 1.54) is 43.6 Å². The minimum Gasteiger partial charge on any atom is -0.335 e. The van der Waals surface area contributed by atoms with Gasteiger partial charge in [-0.15, -0.1) is 0 Å². The van der Waals surface area contributed by atoms with E-state index in [2.05, 4.69) is 205 Å². The highest BCUT2D eigenvalue weighted by atomic mass is 15.1. The quantitative estimate of drug-likeness (QED) is 0.116. The minimum atomic E-state index is 0.693. The predicted octanol–water partition coefficient (Wildman–Crippen LogP) is 14.4. The van der Waals surface area contributed by atoms with Crippen molar-refractivity contribution in [1.29, 1.82) is 0 Å². The van der Waals surface area contributed by atoms with Gasteiger partial charge in [-0.1, -0.05) is 152 Å². The van der Waals surface area contributed by atoms with E-state index in [9.17, 15) is 0 Å². The summed E-state index contributed by atoms with van der Waals surface area (Å²) in [6.07, 6.45) is 0. The van der Waals surface area contributed by atoms with E-state index in [0.29, 0.717) is 6.54 Å². The molecule has 3 heteroatoms. The molecule has 0 bridgehead atoms. The lowest BCUT2D eigenvalue weighted by atomic mass is 9.90. The van der Waals surface area contributed by atoms with Crippen LogP contribution in [0.2, 0.25) is 0 Å². The van der Waals surface area contributed by atoms with Crippen molar-refractivity contribution in [3.05, 3.63) is 206 Å². The Kier molecular flexibility index (Phi) is 8.38. The molecule has 0 fully saturated rings. The first kappa shape index (κ1) is 33.2. The highest BCUT2D eigenvalue weighted by Gasteiger charge is 2.18. The van der Waals surface area contributed by atoms with Gasteiger partial charge in [0, 0.05) is 28.6 Å². The second-order valence-electron chi connectivity index (χ2n) is 14.3.